The maximum Gasteiger partial charge on any atom is 0.274 e. The van der Waals surface area contributed by atoms with Gasteiger partial charge < -0.3 is 20.9 Å². The molecule has 38 heavy (non-hydrogen) atoms. The standard InChI is InChI=1S/C26H27F4N5O3/c1-35-24(21-6-4-18(31)17(30)12-38-21)20(11-32-35)34-25(36)19-5-3-14(27)23(33-19)22-15(28)9-13(10-16(22)29)26(37)7-2-8-26/h3,5,9-11,17-18,21,37H,2,4,6-8,12,31H2,1H3,(H,34,36)/t17-,18-,21+/m1/s1. The molecule has 12 heteroatoms. The topological polar surface area (TPSA) is 115 Å². The van der Waals surface area contributed by atoms with E-state index in [-0.39, 0.29) is 23.6 Å². The smallest absolute Gasteiger partial charge is 0.274 e. The molecule has 0 bridgehead atoms. The van der Waals surface area contributed by atoms with Gasteiger partial charge in [0.1, 0.15) is 41.1 Å². The lowest BCUT2D eigenvalue weighted by molar-refractivity contribution is -0.0392. The molecule has 2 aliphatic rings. The van der Waals surface area contributed by atoms with E-state index in [2.05, 4.69) is 15.4 Å². The Labute approximate surface area is 215 Å². The van der Waals surface area contributed by atoms with Crippen LogP contribution < -0.4 is 11.1 Å². The van der Waals surface area contributed by atoms with Gasteiger partial charge in [-0.2, -0.15) is 5.10 Å². The zero-order chi connectivity index (χ0) is 27.2. The van der Waals surface area contributed by atoms with Gasteiger partial charge in [-0.05, 0) is 61.9 Å². The summed E-state index contributed by atoms with van der Waals surface area (Å²) in [6.07, 6.45) is 1.70. The molecule has 1 amide bonds. The Balaban J connectivity index is 1.42. The molecule has 1 aliphatic heterocycles. The maximum atomic E-state index is 15.0. The van der Waals surface area contributed by atoms with E-state index in [9.17, 15) is 27.5 Å². The summed E-state index contributed by atoms with van der Waals surface area (Å²) < 4.78 is 65.8. The van der Waals surface area contributed by atoms with Gasteiger partial charge in [-0.15, -0.1) is 0 Å². The minimum atomic E-state index is -1.32. The van der Waals surface area contributed by atoms with E-state index < -0.39 is 58.5 Å². The molecule has 2 fully saturated rings. The third-order valence-electron chi connectivity index (χ3n) is 7.30. The lowest BCUT2D eigenvalue weighted by atomic mass is 9.75. The highest BCUT2D eigenvalue weighted by Crippen LogP contribution is 2.43. The number of benzene rings is 1. The van der Waals surface area contributed by atoms with Gasteiger partial charge in [-0.3, -0.25) is 9.48 Å². The Hall–Kier alpha value is -3.35. The zero-order valence-electron chi connectivity index (χ0n) is 20.6. The molecule has 8 nitrogen and oxygen atoms in total. The van der Waals surface area contributed by atoms with E-state index in [1.54, 1.807) is 7.05 Å². The van der Waals surface area contributed by atoms with Gasteiger partial charge in [0.15, 0.2) is 0 Å². The van der Waals surface area contributed by atoms with E-state index in [0.29, 0.717) is 31.4 Å². The number of nitrogens with zero attached hydrogens (tertiary/aromatic N) is 3. The van der Waals surface area contributed by atoms with Crippen LogP contribution in [0.1, 0.15) is 60.0 Å². The highest BCUT2D eigenvalue weighted by atomic mass is 19.1. The monoisotopic (exact) mass is 533 g/mol. The van der Waals surface area contributed by atoms with Gasteiger partial charge in [0.25, 0.3) is 5.91 Å². The van der Waals surface area contributed by atoms with Crippen LogP contribution in [0.5, 0.6) is 0 Å². The number of hydrogen-bond donors (Lipinski definition) is 3. The third kappa shape index (κ3) is 4.79. The number of aliphatic hydroxyl groups is 1. The average molecular weight is 534 g/mol. The average Bonchev–Trinajstić information content (AvgIpc) is 3.13. The number of halogens is 4. The van der Waals surface area contributed by atoms with Crippen molar-refractivity contribution < 1.29 is 32.2 Å². The summed E-state index contributed by atoms with van der Waals surface area (Å²) >= 11 is 0. The quantitative estimate of drug-likeness (QED) is 0.427. The zero-order valence-corrected chi connectivity index (χ0v) is 20.6. The number of nitrogens with two attached hydrogens (primary N) is 1. The predicted molar refractivity (Wildman–Crippen MR) is 129 cm³/mol. The Morgan fingerprint density at radius 3 is 2.55 bits per heavy atom. The van der Waals surface area contributed by atoms with Crippen molar-refractivity contribution in [1.82, 2.24) is 14.8 Å². The number of hydrogen-bond acceptors (Lipinski definition) is 6. The van der Waals surface area contributed by atoms with E-state index in [1.165, 1.54) is 10.9 Å². The minimum Gasteiger partial charge on any atom is -0.385 e. The molecule has 4 N–H and O–H groups in total. The highest BCUT2D eigenvalue weighted by Gasteiger charge is 2.38. The van der Waals surface area contributed by atoms with E-state index in [4.69, 9.17) is 10.5 Å². The number of aryl methyl sites for hydroxylation is 1. The van der Waals surface area contributed by atoms with Crippen molar-refractivity contribution in [2.75, 3.05) is 11.9 Å². The first-order chi connectivity index (χ1) is 18.1. The van der Waals surface area contributed by atoms with Crippen LogP contribution in [0.4, 0.5) is 23.2 Å². The fraction of sp³-hybridized carbons (Fsp3) is 0.423. The van der Waals surface area contributed by atoms with Gasteiger partial charge in [0, 0.05) is 13.1 Å². The van der Waals surface area contributed by atoms with Crippen LogP contribution in [0, 0.1) is 17.5 Å². The Bertz CT molecular complexity index is 1340. The lowest BCUT2D eigenvalue weighted by Crippen LogP contribution is -2.33. The van der Waals surface area contributed by atoms with Crippen molar-refractivity contribution in [3.8, 4) is 11.3 Å². The number of nitrogens with one attached hydrogen (secondary N) is 1. The maximum absolute atomic E-state index is 15.0. The number of pyridine rings is 1. The van der Waals surface area contributed by atoms with Crippen LogP contribution in [0.15, 0.2) is 30.5 Å². The van der Waals surface area contributed by atoms with Crippen LogP contribution in [-0.2, 0) is 17.4 Å². The SMILES string of the molecule is Cn1ncc(NC(=O)c2ccc(F)c(-c3c(F)cc(C4(O)CCC4)cc3F)n2)c1[C@@H]1CC[C@@H](N)[C@H](F)CO1. The predicted octanol–water partition coefficient (Wildman–Crippen LogP) is 4.04. The molecule has 3 heterocycles. The molecule has 0 unspecified atom stereocenters. The van der Waals surface area contributed by atoms with Crippen LogP contribution in [0.2, 0.25) is 0 Å². The van der Waals surface area contributed by atoms with Crippen LogP contribution in [0.25, 0.3) is 11.3 Å². The summed E-state index contributed by atoms with van der Waals surface area (Å²) in [6.45, 7) is -0.208. The molecule has 2 aromatic heterocycles. The van der Waals surface area contributed by atoms with Crippen molar-refractivity contribution in [2.24, 2.45) is 12.8 Å². The number of amides is 1. The van der Waals surface area contributed by atoms with Crippen LogP contribution in [0.3, 0.4) is 0 Å². The molecular formula is C26H27F4N5O3. The summed E-state index contributed by atoms with van der Waals surface area (Å²) in [7, 11) is 1.63. The van der Waals surface area contributed by atoms with Gasteiger partial charge >= 0.3 is 0 Å². The summed E-state index contributed by atoms with van der Waals surface area (Å²) in [4.78, 5) is 17.0. The Morgan fingerprint density at radius 2 is 1.89 bits per heavy atom. The number of carbonyl (C=O) groups excluding carboxylic acids is 1. The summed E-state index contributed by atoms with van der Waals surface area (Å²) in [5.74, 6) is -4.02. The third-order valence-corrected chi connectivity index (χ3v) is 7.30. The summed E-state index contributed by atoms with van der Waals surface area (Å²) in [5, 5.41) is 17.2. The van der Waals surface area contributed by atoms with Crippen LogP contribution >= 0.6 is 0 Å². The molecule has 3 aromatic rings. The second-order valence-corrected chi connectivity index (χ2v) is 9.83. The van der Waals surface area contributed by atoms with Crippen molar-refractivity contribution in [3.05, 3.63) is 64.9 Å². The Kier molecular flexibility index (Phi) is 6.97. The molecule has 1 saturated heterocycles. The number of rotatable bonds is 5. The number of carbonyl (C=O) groups is 1. The highest BCUT2D eigenvalue weighted by molar-refractivity contribution is 6.03. The van der Waals surface area contributed by atoms with Gasteiger partial charge in [0.2, 0.25) is 0 Å². The van der Waals surface area contributed by atoms with Gasteiger partial charge in [-0.1, -0.05) is 0 Å². The number of alkyl halides is 1. The van der Waals surface area contributed by atoms with Crippen molar-refractivity contribution in [3.63, 3.8) is 0 Å². The minimum absolute atomic E-state index is 0.0710. The number of ether oxygens (including phenoxy) is 1. The molecule has 5 rings (SSSR count). The van der Waals surface area contributed by atoms with Crippen LogP contribution in [-0.4, -0.2) is 44.6 Å². The summed E-state index contributed by atoms with van der Waals surface area (Å²) in [5.41, 5.74) is 3.58. The summed E-state index contributed by atoms with van der Waals surface area (Å²) in [6, 6.07) is 3.24. The normalized spacial score (nSPS) is 23.0. The van der Waals surface area contributed by atoms with Crippen molar-refractivity contribution in [1.29, 1.82) is 0 Å². The fourth-order valence-corrected chi connectivity index (χ4v) is 4.88. The number of aromatic nitrogens is 3. The van der Waals surface area contributed by atoms with Gasteiger partial charge in [-0.25, -0.2) is 22.5 Å². The molecule has 0 radical (unpaired) electrons. The molecule has 3 atom stereocenters. The largest absolute Gasteiger partial charge is 0.385 e. The molecular weight excluding hydrogens is 506 g/mol. The molecule has 0 spiro atoms. The van der Waals surface area contributed by atoms with E-state index in [0.717, 1.165) is 30.7 Å². The lowest BCUT2D eigenvalue weighted by Gasteiger charge is -2.37. The van der Waals surface area contributed by atoms with E-state index in [1.807, 2.05) is 0 Å². The molecule has 1 aliphatic carbocycles. The Morgan fingerprint density at radius 1 is 1.18 bits per heavy atom. The first kappa shape index (κ1) is 26.3. The van der Waals surface area contributed by atoms with Gasteiger partial charge in [0.05, 0.1) is 35.3 Å². The number of anilines is 1. The van der Waals surface area contributed by atoms with Crippen molar-refractivity contribution >= 4 is 11.6 Å². The van der Waals surface area contributed by atoms with E-state index >= 15 is 0 Å². The second-order valence-electron chi connectivity index (χ2n) is 9.83. The second kappa shape index (κ2) is 10.1. The first-order valence-corrected chi connectivity index (χ1v) is 12.3. The molecule has 202 valence electrons. The fourth-order valence-electron chi connectivity index (χ4n) is 4.88. The molecule has 1 aromatic carbocycles. The molecule has 1 saturated carbocycles. The first-order valence-electron chi connectivity index (χ1n) is 12.3. The van der Waals surface area contributed by atoms with Crippen molar-refractivity contribution in [2.45, 2.75) is 56.0 Å².